The van der Waals surface area contributed by atoms with Crippen molar-refractivity contribution in [1.82, 2.24) is 24.5 Å². The first kappa shape index (κ1) is 33.2. The molecule has 0 saturated carbocycles. The second-order valence-corrected chi connectivity index (χ2v) is 13.1. The molecule has 6 aromatic rings. The third kappa shape index (κ3) is 6.82. The lowest BCUT2D eigenvalue weighted by atomic mass is 9.86. The summed E-state index contributed by atoms with van der Waals surface area (Å²) in [5, 5.41) is 24.1. The first-order valence-corrected chi connectivity index (χ1v) is 16.1. The van der Waals surface area contributed by atoms with Crippen LogP contribution in [-0.4, -0.2) is 29.7 Å². The minimum absolute atomic E-state index is 0.0904. The molecule has 7 nitrogen and oxygen atoms in total. The molecule has 0 aliphatic carbocycles. The molecule has 2 heterocycles. The van der Waals surface area contributed by atoms with Gasteiger partial charge in [-0.15, -0.1) is 0 Å². The van der Waals surface area contributed by atoms with Crippen molar-refractivity contribution in [2.75, 3.05) is 4.90 Å². The molecular weight excluding hydrogens is 688 g/mol. The van der Waals surface area contributed by atoms with Crippen LogP contribution in [0.5, 0.6) is 0 Å². The van der Waals surface area contributed by atoms with E-state index < -0.39 is 23.3 Å². The van der Waals surface area contributed by atoms with Crippen LogP contribution in [-0.2, 0) is 25.2 Å². The van der Waals surface area contributed by atoms with Gasteiger partial charge in [0.2, 0.25) is 0 Å². The summed E-state index contributed by atoms with van der Waals surface area (Å²) < 4.78 is 32.2. The number of anilines is 1. The van der Waals surface area contributed by atoms with E-state index in [2.05, 4.69) is 15.0 Å². The van der Waals surface area contributed by atoms with Gasteiger partial charge in [0.25, 0.3) is 0 Å². The molecular formula is C34H28Cl4F2N6O. The summed E-state index contributed by atoms with van der Waals surface area (Å²) in [6.45, 7) is 4.33. The zero-order valence-corrected chi connectivity index (χ0v) is 28.2. The SMILES string of the molecule is Cc1c2cc(N(Cc3ccc(Cl)cc3Cl)Cc3ccc(Cl)cc3Cl)ccc2nn1[C@H](C)[C@](O)(Cn1cncn1)c1ccc(F)cc1F. The molecule has 0 fully saturated rings. The van der Waals surface area contributed by atoms with E-state index >= 15 is 4.39 Å². The van der Waals surface area contributed by atoms with Crippen LogP contribution < -0.4 is 4.90 Å². The van der Waals surface area contributed by atoms with E-state index in [-0.39, 0.29) is 12.1 Å². The number of hydrogen-bond donors (Lipinski definition) is 1. The fourth-order valence-electron chi connectivity index (χ4n) is 5.79. The Morgan fingerprint density at radius 3 is 2.11 bits per heavy atom. The normalized spacial score (nSPS) is 13.6. The summed E-state index contributed by atoms with van der Waals surface area (Å²) >= 11 is 25.5. The topological polar surface area (TPSA) is 72.0 Å². The second-order valence-electron chi connectivity index (χ2n) is 11.4. The number of aryl methyl sites for hydroxylation is 1. The maximum atomic E-state index is 15.2. The van der Waals surface area contributed by atoms with Crippen LogP contribution in [0.15, 0.2) is 85.5 Å². The van der Waals surface area contributed by atoms with Crippen LogP contribution in [0.25, 0.3) is 10.9 Å². The van der Waals surface area contributed by atoms with E-state index in [1.807, 2.05) is 37.3 Å². The Kier molecular flexibility index (Phi) is 9.47. The Hall–Kier alpha value is -3.73. The number of aliphatic hydroxyl groups is 1. The van der Waals surface area contributed by atoms with Crippen LogP contribution in [0.4, 0.5) is 14.5 Å². The Labute approximate surface area is 289 Å². The highest BCUT2D eigenvalue weighted by atomic mass is 35.5. The van der Waals surface area contributed by atoms with Crippen LogP contribution >= 0.6 is 46.4 Å². The number of halogens is 6. The van der Waals surface area contributed by atoms with Crippen molar-refractivity contribution in [3.05, 3.63) is 140 Å². The van der Waals surface area contributed by atoms with Crippen molar-refractivity contribution in [2.24, 2.45) is 0 Å². The maximum absolute atomic E-state index is 15.2. The van der Waals surface area contributed by atoms with Crippen LogP contribution in [0.2, 0.25) is 20.1 Å². The van der Waals surface area contributed by atoms with Gasteiger partial charge in [0.1, 0.15) is 29.9 Å². The molecule has 0 unspecified atom stereocenters. The average molecular weight is 716 g/mol. The number of nitrogens with zero attached hydrogens (tertiary/aromatic N) is 6. The molecule has 2 atom stereocenters. The van der Waals surface area contributed by atoms with Gasteiger partial charge in [-0.05, 0) is 73.5 Å². The summed E-state index contributed by atoms with van der Waals surface area (Å²) in [6.07, 6.45) is 2.74. The van der Waals surface area contributed by atoms with E-state index in [9.17, 15) is 9.50 Å². The number of rotatable bonds is 10. The van der Waals surface area contributed by atoms with Crippen LogP contribution in [0, 0.1) is 18.6 Å². The molecule has 0 spiro atoms. The summed E-state index contributed by atoms with van der Waals surface area (Å²) in [5.74, 6) is -1.63. The van der Waals surface area contributed by atoms with Gasteiger partial charge in [-0.3, -0.25) is 4.68 Å². The maximum Gasteiger partial charge on any atom is 0.137 e. The van der Waals surface area contributed by atoms with Crippen molar-refractivity contribution in [3.63, 3.8) is 0 Å². The van der Waals surface area contributed by atoms with Gasteiger partial charge >= 0.3 is 0 Å². The highest BCUT2D eigenvalue weighted by Gasteiger charge is 2.41. The first-order chi connectivity index (χ1) is 22.4. The molecule has 0 aliphatic rings. The Balaban J connectivity index is 1.42. The zero-order valence-electron chi connectivity index (χ0n) is 25.2. The summed E-state index contributed by atoms with van der Waals surface area (Å²) in [6, 6.07) is 18.9. The van der Waals surface area contributed by atoms with Gasteiger partial charge in [-0.1, -0.05) is 64.6 Å². The van der Waals surface area contributed by atoms with Crippen molar-refractivity contribution in [2.45, 2.75) is 45.1 Å². The van der Waals surface area contributed by atoms with E-state index in [1.54, 1.807) is 35.9 Å². The highest BCUT2D eigenvalue weighted by Crippen LogP contribution is 2.39. The fourth-order valence-corrected chi connectivity index (χ4v) is 6.72. The molecule has 0 saturated heterocycles. The third-order valence-electron chi connectivity index (χ3n) is 8.37. The molecule has 13 heteroatoms. The Bertz CT molecular complexity index is 2020. The van der Waals surface area contributed by atoms with E-state index in [0.717, 1.165) is 40.0 Å². The van der Waals surface area contributed by atoms with Gasteiger partial charge in [0.05, 0.1) is 18.1 Å². The third-order valence-corrected chi connectivity index (χ3v) is 9.55. The van der Waals surface area contributed by atoms with Crippen molar-refractivity contribution in [1.29, 1.82) is 0 Å². The van der Waals surface area contributed by atoms with Crippen molar-refractivity contribution in [3.8, 4) is 0 Å². The lowest BCUT2D eigenvalue weighted by molar-refractivity contribution is -0.0372. The molecule has 47 heavy (non-hydrogen) atoms. The Morgan fingerprint density at radius 2 is 1.53 bits per heavy atom. The molecule has 0 aliphatic heterocycles. The number of aromatic nitrogens is 5. The molecule has 4 aromatic carbocycles. The van der Waals surface area contributed by atoms with Gasteiger partial charge in [0, 0.05) is 61.6 Å². The highest BCUT2D eigenvalue weighted by molar-refractivity contribution is 6.35. The van der Waals surface area contributed by atoms with Gasteiger partial charge < -0.3 is 10.0 Å². The first-order valence-electron chi connectivity index (χ1n) is 14.5. The summed E-state index contributed by atoms with van der Waals surface area (Å²) in [7, 11) is 0. The molecule has 0 radical (unpaired) electrons. The second kappa shape index (κ2) is 13.4. The monoisotopic (exact) mass is 714 g/mol. The molecule has 0 bridgehead atoms. The standard InChI is InChI=1S/C34H28Cl4F2N6O/c1-20-28-14-27(44(15-22-3-5-24(35)11-30(22)37)16-23-4-6-25(36)12-31(23)38)8-10-33(28)43-46(20)21(2)34(47,17-45-19-41-18-42-45)29-9-7-26(39)13-32(29)40/h3-14,18-19,21,47H,15-17H2,1-2H3/t21-,34-/m1/s1. The minimum atomic E-state index is -1.89. The summed E-state index contributed by atoms with van der Waals surface area (Å²) in [5.41, 5.74) is 1.99. The Morgan fingerprint density at radius 1 is 0.872 bits per heavy atom. The zero-order chi connectivity index (χ0) is 33.5. The molecule has 1 N–H and O–H groups in total. The van der Waals surface area contributed by atoms with E-state index in [4.69, 9.17) is 51.5 Å². The molecule has 242 valence electrons. The fraction of sp³-hybridized carbons (Fsp3) is 0.206. The minimum Gasteiger partial charge on any atom is -0.381 e. The predicted octanol–water partition coefficient (Wildman–Crippen LogP) is 9.18. The number of hydrogen-bond acceptors (Lipinski definition) is 5. The number of fused-ring (bicyclic) bond motifs is 1. The molecule has 2 aromatic heterocycles. The van der Waals surface area contributed by atoms with Gasteiger partial charge in [-0.25, -0.2) is 18.4 Å². The average Bonchev–Trinajstić information content (AvgIpc) is 3.65. The van der Waals surface area contributed by atoms with E-state index in [0.29, 0.717) is 38.7 Å². The van der Waals surface area contributed by atoms with Crippen LogP contribution in [0.3, 0.4) is 0 Å². The number of benzene rings is 4. The van der Waals surface area contributed by atoms with Crippen molar-refractivity contribution >= 4 is 63.0 Å². The largest absolute Gasteiger partial charge is 0.381 e. The van der Waals surface area contributed by atoms with Gasteiger partial charge in [-0.2, -0.15) is 10.2 Å². The van der Waals surface area contributed by atoms with Crippen LogP contribution in [0.1, 0.15) is 35.3 Å². The summed E-state index contributed by atoms with van der Waals surface area (Å²) in [4.78, 5) is 6.08. The van der Waals surface area contributed by atoms with Crippen molar-refractivity contribution < 1.29 is 13.9 Å². The smallest absolute Gasteiger partial charge is 0.137 e. The lowest BCUT2D eigenvalue weighted by Crippen LogP contribution is -2.41. The predicted molar refractivity (Wildman–Crippen MR) is 182 cm³/mol. The van der Waals surface area contributed by atoms with E-state index in [1.165, 1.54) is 23.4 Å². The van der Waals surface area contributed by atoms with Gasteiger partial charge in [0.15, 0.2) is 0 Å². The molecule has 0 amide bonds. The molecule has 6 rings (SSSR count). The quantitative estimate of drug-likeness (QED) is 0.153. The lowest BCUT2D eigenvalue weighted by Gasteiger charge is -2.35.